The van der Waals surface area contributed by atoms with Crippen LogP contribution in [0.3, 0.4) is 0 Å². The zero-order chi connectivity index (χ0) is 24.9. The van der Waals surface area contributed by atoms with Crippen LogP contribution < -0.4 is 14.8 Å². The number of amides is 2. The predicted molar refractivity (Wildman–Crippen MR) is 137 cm³/mol. The van der Waals surface area contributed by atoms with Crippen LogP contribution in [0.1, 0.15) is 44.3 Å². The van der Waals surface area contributed by atoms with E-state index in [4.69, 9.17) is 9.47 Å². The molecule has 35 heavy (non-hydrogen) atoms. The number of benzene rings is 2. The van der Waals surface area contributed by atoms with Crippen LogP contribution in [0, 0.1) is 13.8 Å². The molecule has 0 spiro atoms. The summed E-state index contributed by atoms with van der Waals surface area (Å²) in [4.78, 5) is 29.9. The van der Waals surface area contributed by atoms with Gasteiger partial charge in [-0.3, -0.25) is 9.59 Å². The van der Waals surface area contributed by atoms with Gasteiger partial charge >= 0.3 is 0 Å². The smallest absolute Gasteiger partial charge is 0.267 e. The molecule has 4 rings (SSSR count). The standard InChI is InChI=1S/C26H28N4O4S/c1-16-25(35-17(2)27-16)26(32)28-20-8-5-18(6-9-20)13-14-30-24(31)12-10-21(29-30)19-7-11-22(33-3)23(15-19)34-4/h5-9,11,15H,10,12-14H2,1-4H3,(H,28,32). The van der Waals surface area contributed by atoms with Crippen molar-refractivity contribution in [3.05, 3.63) is 69.2 Å². The van der Waals surface area contributed by atoms with Crippen LogP contribution in [0.4, 0.5) is 5.69 Å². The van der Waals surface area contributed by atoms with Crippen molar-refractivity contribution in [2.24, 2.45) is 5.10 Å². The Morgan fingerprint density at radius 2 is 1.80 bits per heavy atom. The first-order valence-electron chi connectivity index (χ1n) is 11.3. The number of carbonyl (C=O) groups is 2. The third kappa shape index (κ3) is 5.68. The lowest BCUT2D eigenvalue weighted by molar-refractivity contribution is -0.131. The summed E-state index contributed by atoms with van der Waals surface area (Å²) in [5.74, 6) is 1.13. The van der Waals surface area contributed by atoms with Crippen LogP contribution in [0.2, 0.25) is 0 Å². The lowest BCUT2D eigenvalue weighted by Gasteiger charge is -2.24. The van der Waals surface area contributed by atoms with Crippen molar-refractivity contribution in [1.82, 2.24) is 9.99 Å². The van der Waals surface area contributed by atoms with Crippen molar-refractivity contribution in [3.63, 3.8) is 0 Å². The second-order valence-corrected chi connectivity index (χ2v) is 9.38. The Balaban J connectivity index is 1.39. The van der Waals surface area contributed by atoms with E-state index < -0.39 is 0 Å². The van der Waals surface area contributed by atoms with Crippen LogP contribution in [0.5, 0.6) is 11.5 Å². The van der Waals surface area contributed by atoms with E-state index in [1.807, 2.05) is 56.3 Å². The first-order chi connectivity index (χ1) is 16.9. The Hall–Kier alpha value is -3.72. The molecule has 0 saturated carbocycles. The summed E-state index contributed by atoms with van der Waals surface area (Å²) in [6.07, 6.45) is 1.64. The average molecular weight is 493 g/mol. The highest BCUT2D eigenvalue weighted by Gasteiger charge is 2.22. The summed E-state index contributed by atoms with van der Waals surface area (Å²) in [6, 6.07) is 13.3. The van der Waals surface area contributed by atoms with Gasteiger partial charge in [0.15, 0.2) is 11.5 Å². The van der Waals surface area contributed by atoms with Crippen LogP contribution in [-0.4, -0.2) is 48.3 Å². The number of rotatable bonds is 8. The number of hydrogen-bond acceptors (Lipinski definition) is 7. The number of aryl methyl sites for hydroxylation is 2. The molecule has 1 aliphatic heterocycles. The van der Waals surface area contributed by atoms with Crippen molar-refractivity contribution in [1.29, 1.82) is 0 Å². The molecule has 0 unspecified atom stereocenters. The Labute approximate surface area is 208 Å². The lowest BCUT2D eigenvalue weighted by Crippen LogP contribution is -2.33. The zero-order valence-electron chi connectivity index (χ0n) is 20.3. The summed E-state index contributed by atoms with van der Waals surface area (Å²) in [7, 11) is 3.19. The molecule has 0 bridgehead atoms. The molecule has 9 heteroatoms. The third-order valence-electron chi connectivity index (χ3n) is 5.76. The number of nitrogens with zero attached hydrogens (tertiary/aromatic N) is 3. The molecule has 1 aliphatic rings. The Bertz CT molecular complexity index is 1270. The van der Waals surface area contributed by atoms with Gasteiger partial charge in [0.2, 0.25) is 5.91 Å². The highest BCUT2D eigenvalue weighted by molar-refractivity contribution is 7.13. The number of hydrazone groups is 1. The van der Waals surface area contributed by atoms with Crippen LogP contribution in [0.15, 0.2) is 47.6 Å². The molecular weight excluding hydrogens is 464 g/mol. The SMILES string of the molecule is COc1ccc(C2=NN(CCc3ccc(NC(=O)c4sc(C)nc4C)cc3)C(=O)CC2)cc1OC. The lowest BCUT2D eigenvalue weighted by atomic mass is 10.0. The molecule has 2 amide bonds. The maximum absolute atomic E-state index is 12.5. The minimum absolute atomic E-state index is 0.00771. The van der Waals surface area contributed by atoms with Gasteiger partial charge in [0.1, 0.15) is 4.88 Å². The molecule has 2 heterocycles. The van der Waals surface area contributed by atoms with E-state index in [1.165, 1.54) is 11.3 Å². The molecule has 0 radical (unpaired) electrons. The molecule has 3 aromatic rings. The first kappa shape index (κ1) is 24.4. The van der Waals surface area contributed by atoms with Crippen molar-refractivity contribution >= 4 is 34.6 Å². The van der Waals surface area contributed by atoms with Gasteiger partial charge in [-0.05, 0) is 56.2 Å². The minimum atomic E-state index is -0.156. The third-order valence-corrected chi connectivity index (χ3v) is 6.83. The van der Waals surface area contributed by atoms with Crippen molar-refractivity contribution in [2.45, 2.75) is 33.1 Å². The molecule has 0 atom stereocenters. The fourth-order valence-corrected chi connectivity index (χ4v) is 4.73. The summed E-state index contributed by atoms with van der Waals surface area (Å²) >= 11 is 1.39. The monoisotopic (exact) mass is 492 g/mol. The number of ether oxygens (including phenoxy) is 2. The number of hydrogen-bond donors (Lipinski definition) is 1. The van der Waals surface area contributed by atoms with Gasteiger partial charge in [0.05, 0.1) is 30.6 Å². The molecule has 8 nitrogen and oxygen atoms in total. The van der Waals surface area contributed by atoms with Crippen LogP contribution in [0.25, 0.3) is 0 Å². The predicted octanol–water partition coefficient (Wildman–Crippen LogP) is 4.60. The Morgan fingerprint density at radius 1 is 1.06 bits per heavy atom. The number of methoxy groups -OCH3 is 2. The topological polar surface area (TPSA) is 93.1 Å². The van der Waals surface area contributed by atoms with Gasteiger partial charge in [-0.25, -0.2) is 9.99 Å². The van der Waals surface area contributed by atoms with Crippen molar-refractivity contribution in [2.75, 3.05) is 26.1 Å². The molecule has 0 aliphatic carbocycles. The molecule has 1 N–H and O–H groups in total. The Morgan fingerprint density at radius 3 is 2.46 bits per heavy atom. The van der Waals surface area contributed by atoms with Gasteiger partial charge in [-0.15, -0.1) is 11.3 Å². The Kier molecular flexibility index (Phi) is 7.45. The molecule has 0 saturated heterocycles. The summed E-state index contributed by atoms with van der Waals surface area (Å²) in [6.45, 7) is 4.19. The zero-order valence-corrected chi connectivity index (χ0v) is 21.1. The van der Waals surface area contributed by atoms with E-state index >= 15 is 0 Å². The summed E-state index contributed by atoms with van der Waals surface area (Å²) < 4.78 is 10.7. The number of thiazole rings is 1. The molecular formula is C26H28N4O4S. The summed E-state index contributed by atoms with van der Waals surface area (Å²) in [5, 5.41) is 9.95. The molecule has 1 aromatic heterocycles. The van der Waals surface area contributed by atoms with Gasteiger partial charge in [-0.2, -0.15) is 5.10 Å². The average Bonchev–Trinajstić information content (AvgIpc) is 3.21. The largest absolute Gasteiger partial charge is 0.493 e. The van der Waals surface area contributed by atoms with E-state index in [1.54, 1.807) is 19.2 Å². The van der Waals surface area contributed by atoms with E-state index in [0.717, 1.165) is 27.5 Å². The number of carbonyl (C=O) groups excluding carboxylic acids is 2. The van der Waals surface area contributed by atoms with Gasteiger partial charge in [-0.1, -0.05) is 12.1 Å². The second-order valence-electron chi connectivity index (χ2n) is 8.18. The fraction of sp³-hybridized carbons (Fsp3) is 0.308. The number of aromatic nitrogens is 1. The van der Waals surface area contributed by atoms with Gasteiger partial charge in [0, 0.05) is 30.6 Å². The van der Waals surface area contributed by atoms with E-state index in [-0.39, 0.29) is 11.8 Å². The van der Waals surface area contributed by atoms with Gasteiger partial charge < -0.3 is 14.8 Å². The first-order valence-corrected chi connectivity index (χ1v) is 12.1. The second kappa shape index (κ2) is 10.7. The molecule has 0 fully saturated rings. The fourth-order valence-electron chi connectivity index (χ4n) is 3.92. The highest BCUT2D eigenvalue weighted by Crippen LogP contribution is 2.29. The minimum Gasteiger partial charge on any atom is -0.493 e. The number of nitrogens with one attached hydrogen (secondary N) is 1. The highest BCUT2D eigenvalue weighted by atomic mass is 32.1. The van der Waals surface area contributed by atoms with Gasteiger partial charge in [0.25, 0.3) is 5.91 Å². The number of anilines is 1. The van der Waals surface area contributed by atoms with Crippen LogP contribution in [-0.2, 0) is 11.2 Å². The van der Waals surface area contributed by atoms with E-state index in [0.29, 0.717) is 47.9 Å². The maximum Gasteiger partial charge on any atom is 0.267 e. The quantitative estimate of drug-likeness (QED) is 0.496. The molecule has 2 aromatic carbocycles. The van der Waals surface area contributed by atoms with Crippen LogP contribution >= 0.6 is 11.3 Å². The van der Waals surface area contributed by atoms with Crippen molar-refractivity contribution in [3.8, 4) is 11.5 Å². The van der Waals surface area contributed by atoms with E-state index in [9.17, 15) is 9.59 Å². The summed E-state index contributed by atoms with van der Waals surface area (Å²) in [5.41, 5.74) is 4.26. The normalized spacial score (nSPS) is 13.4. The molecule has 182 valence electrons. The van der Waals surface area contributed by atoms with E-state index in [2.05, 4.69) is 15.4 Å². The van der Waals surface area contributed by atoms with Crippen molar-refractivity contribution < 1.29 is 19.1 Å². The maximum atomic E-state index is 12.5.